The summed E-state index contributed by atoms with van der Waals surface area (Å²) in [6.07, 6.45) is 7.77. The van der Waals surface area contributed by atoms with Gasteiger partial charge in [-0.2, -0.15) is 0 Å². The molecule has 0 amide bonds. The lowest BCUT2D eigenvalue weighted by Gasteiger charge is -2.36. The Hall–Kier alpha value is -3.20. The Labute approximate surface area is 149 Å². The summed E-state index contributed by atoms with van der Waals surface area (Å²) >= 11 is 0. The van der Waals surface area contributed by atoms with Gasteiger partial charge in [0.1, 0.15) is 0 Å². The van der Waals surface area contributed by atoms with Crippen LogP contribution in [0.15, 0.2) is 48.1 Å². The van der Waals surface area contributed by atoms with Gasteiger partial charge in [0.05, 0.1) is 5.92 Å². The maximum absolute atomic E-state index is 12.3. The summed E-state index contributed by atoms with van der Waals surface area (Å²) in [6.45, 7) is 2.13. The van der Waals surface area contributed by atoms with Crippen molar-refractivity contribution in [2.45, 2.75) is 12.8 Å². The van der Waals surface area contributed by atoms with Crippen molar-refractivity contribution in [3.63, 3.8) is 0 Å². The molecule has 2 unspecified atom stereocenters. The Morgan fingerprint density at radius 3 is 2.69 bits per heavy atom. The van der Waals surface area contributed by atoms with Gasteiger partial charge in [-0.15, -0.1) is 0 Å². The maximum Gasteiger partial charge on any atom is 0.342 e. The second-order valence-electron chi connectivity index (χ2n) is 7.26. The standard InChI is InChI=1S/C23H14O3/c1-11-5-6-14-16-8-10-18-21-17(22(24)26-23(18)25)9-7-15(20(16)21)13-4-2-3-12(11)19(13)14/h2-10,18,21H,1H3. The van der Waals surface area contributed by atoms with E-state index in [1.165, 1.54) is 27.1 Å². The molecule has 3 aromatic carbocycles. The molecular weight excluding hydrogens is 324 g/mol. The number of ether oxygens (including phenoxy) is 1. The fourth-order valence-electron chi connectivity index (χ4n) is 4.88. The number of cyclic esters (lactones) is 2. The number of hydrogen-bond acceptors (Lipinski definition) is 3. The first-order chi connectivity index (χ1) is 12.6. The number of fused-ring (bicyclic) bond motifs is 2. The molecule has 0 radical (unpaired) electrons. The lowest BCUT2D eigenvalue weighted by atomic mass is 9.69. The van der Waals surface area contributed by atoms with Gasteiger partial charge in [0.2, 0.25) is 0 Å². The van der Waals surface area contributed by atoms with Gasteiger partial charge >= 0.3 is 11.9 Å². The van der Waals surface area contributed by atoms with Gasteiger partial charge in [0.25, 0.3) is 0 Å². The van der Waals surface area contributed by atoms with Crippen LogP contribution in [0.5, 0.6) is 0 Å². The highest BCUT2D eigenvalue weighted by Crippen LogP contribution is 2.46. The van der Waals surface area contributed by atoms with E-state index in [2.05, 4.69) is 37.3 Å². The van der Waals surface area contributed by atoms with Crippen molar-refractivity contribution in [1.29, 1.82) is 0 Å². The lowest BCUT2D eigenvalue weighted by molar-refractivity contribution is -0.162. The topological polar surface area (TPSA) is 43.4 Å². The quantitative estimate of drug-likeness (QED) is 0.465. The molecule has 1 heterocycles. The lowest BCUT2D eigenvalue weighted by Crippen LogP contribution is -2.40. The van der Waals surface area contributed by atoms with Gasteiger partial charge in [-0.3, -0.25) is 4.79 Å². The van der Waals surface area contributed by atoms with E-state index in [1.807, 2.05) is 24.3 Å². The zero-order valence-corrected chi connectivity index (χ0v) is 14.1. The molecule has 3 nitrogen and oxygen atoms in total. The molecule has 2 aliphatic carbocycles. The van der Waals surface area contributed by atoms with Crippen LogP contribution in [-0.4, -0.2) is 11.9 Å². The maximum atomic E-state index is 12.3. The molecular formula is C23H14O3. The number of carbonyl (C=O) groups excluding carboxylic acids is 2. The minimum Gasteiger partial charge on any atom is -0.389 e. The normalized spacial score (nSPS) is 22.9. The molecule has 3 aliphatic rings. The number of carbonyl (C=O) groups is 2. The molecule has 0 saturated carbocycles. The van der Waals surface area contributed by atoms with Crippen molar-refractivity contribution in [1.82, 2.24) is 0 Å². The van der Waals surface area contributed by atoms with E-state index in [9.17, 15) is 9.59 Å². The van der Waals surface area contributed by atoms with Gasteiger partial charge in [-0.25, -0.2) is 4.79 Å². The monoisotopic (exact) mass is 338 g/mol. The molecule has 3 aromatic rings. The number of rotatable bonds is 0. The minimum absolute atomic E-state index is 0.242. The van der Waals surface area contributed by atoms with Gasteiger partial charge < -0.3 is 4.74 Å². The van der Waals surface area contributed by atoms with Crippen molar-refractivity contribution < 1.29 is 14.3 Å². The predicted octanol–water partition coefficient (Wildman–Crippen LogP) is 3.55. The molecule has 0 spiro atoms. The smallest absolute Gasteiger partial charge is 0.342 e. The molecule has 1 fully saturated rings. The minimum atomic E-state index is -0.512. The first kappa shape index (κ1) is 14.0. The number of allylic oxidation sites excluding steroid dienone is 1. The van der Waals surface area contributed by atoms with E-state index in [1.54, 1.807) is 0 Å². The number of hydrogen-bond donors (Lipinski definition) is 0. The van der Waals surface area contributed by atoms with Crippen LogP contribution in [0, 0.1) is 12.8 Å². The highest BCUT2D eigenvalue weighted by atomic mass is 16.6. The fourth-order valence-corrected chi connectivity index (χ4v) is 4.88. The highest BCUT2D eigenvalue weighted by Gasteiger charge is 2.45. The first-order valence-electron chi connectivity index (χ1n) is 8.79. The van der Waals surface area contributed by atoms with Crippen LogP contribution < -0.4 is 5.22 Å². The van der Waals surface area contributed by atoms with Gasteiger partial charge in [-0.1, -0.05) is 54.6 Å². The summed E-state index contributed by atoms with van der Waals surface area (Å²) in [6, 6.07) is 10.7. The first-order valence-corrected chi connectivity index (χ1v) is 8.79. The van der Waals surface area contributed by atoms with Crippen molar-refractivity contribution in [3.05, 3.63) is 70.0 Å². The molecule has 0 N–H and O–H groups in total. The third kappa shape index (κ3) is 1.50. The Bertz CT molecular complexity index is 1310. The zero-order chi connectivity index (χ0) is 17.6. The molecule has 124 valence electrons. The van der Waals surface area contributed by atoms with Crippen LogP contribution in [-0.2, 0) is 14.3 Å². The molecule has 0 aromatic heterocycles. The van der Waals surface area contributed by atoms with Gasteiger partial charge in [0, 0.05) is 11.5 Å². The second-order valence-corrected chi connectivity index (χ2v) is 7.26. The fraction of sp³-hybridized carbons (Fsp3) is 0.130. The van der Waals surface area contributed by atoms with E-state index in [-0.39, 0.29) is 5.92 Å². The summed E-state index contributed by atoms with van der Waals surface area (Å²) in [5.41, 5.74) is 4.03. The SMILES string of the molecule is Cc1ccc2c3c4c(c5cccc1c25)=CC=C1C(=O)OC(=O)C(C=C3)C14. The van der Waals surface area contributed by atoms with Crippen LogP contribution in [0.3, 0.4) is 0 Å². The Morgan fingerprint density at radius 1 is 0.962 bits per heavy atom. The third-order valence-corrected chi connectivity index (χ3v) is 6.03. The molecule has 6 rings (SSSR count). The summed E-state index contributed by atoms with van der Waals surface area (Å²) in [5.74, 6) is -1.63. The van der Waals surface area contributed by atoms with E-state index in [0.29, 0.717) is 5.57 Å². The zero-order valence-electron chi connectivity index (χ0n) is 14.1. The summed E-state index contributed by atoms with van der Waals surface area (Å²) in [5, 5.41) is 5.97. The summed E-state index contributed by atoms with van der Waals surface area (Å²) in [7, 11) is 0. The molecule has 1 aliphatic heterocycles. The van der Waals surface area contributed by atoms with Crippen LogP contribution >= 0.6 is 0 Å². The number of esters is 2. The van der Waals surface area contributed by atoms with E-state index < -0.39 is 17.9 Å². The third-order valence-electron chi connectivity index (χ3n) is 6.03. The molecule has 1 saturated heterocycles. The second kappa shape index (κ2) is 4.50. The van der Waals surface area contributed by atoms with Crippen molar-refractivity contribution >= 4 is 45.6 Å². The molecule has 3 heteroatoms. The number of benzene rings is 3. The molecule has 0 bridgehead atoms. The van der Waals surface area contributed by atoms with Crippen LogP contribution in [0.4, 0.5) is 0 Å². The van der Waals surface area contributed by atoms with Crippen molar-refractivity contribution in [2.24, 2.45) is 5.92 Å². The average molecular weight is 338 g/mol. The number of aryl methyl sites for hydroxylation is 1. The van der Waals surface area contributed by atoms with E-state index >= 15 is 0 Å². The van der Waals surface area contributed by atoms with Gasteiger partial charge in [-0.05, 0) is 50.4 Å². The average Bonchev–Trinajstić information content (AvgIpc) is 2.66. The van der Waals surface area contributed by atoms with Gasteiger partial charge in [0.15, 0.2) is 0 Å². The Kier molecular flexibility index (Phi) is 2.42. The summed E-state index contributed by atoms with van der Waals surface area (Å²) < 4.78 is 4.96. The van der Waals surface area contributed by atoms with Crippen molar-refractivity contribution in [2.75, 3.05) is 0 Å². The van der Waals surface area contributed by atoms with E-state index in [4.69, 9.17) is 4.74 Å². The predicted molar refractivity (Wildman–Crippen MR) is 100 cm³/mol. The van der Waals surface area contributed by atoms with Crippen molar-refractivity contribution in [3.8, 4) is 0 Å². The summed E-state index contributed by atoms with van der Waals surface area (Å²) in [4.78, 5) is 24.6. The Balaban J connectivity index is 1.88. The molecule has 26 heavy (non-hydrogen) atoms. The Morgan fingerprint density at radius 2 is 1.81 bits per heavy atom. The molecule has 2 atom stereocenters. The van der Waals surface area contributed by atoms with E-state index in [0.717, 1.165) is 16.3 Å². The van der Waals surface area contributed by atoms with Crippen LogP contribution in [0.25, 0.3) is 33.7 Å². The van der Waals surface area contributed by atoms with Crippen LogP contribution in [0.2, 0.25) is 0 Å². The van der Waals surface area contributed by atoms with Crippen LogP contribution in [0.1, 0.15) is 22.6 Å². The highest BCUT2D eigenvalue weighted by molar-refractivity contribution is 6.16. The largest absolute Gasteiger partial charge is 0.389 e.